The van der Waals surface area contributed by atoms with E-state index in [1.807, 2.05) is 24.6 Å². The molecule has 1 aromatic carbocycles. The summed E-state index contributed by atoms with van der Waals surface area (Å²) in [6.07, 6.45) is 1.73. The van der Waals surface area contributed by atoms with Gasteiger partial charge in [-0.2, -0.15) is 5.10 Å². The van der Waals surface area contributed by atoms with Gasteiger partial charge in [0.05, 0.1) is 5.69 Å². The van der Waals surface area contributed by atoms with E-state index in [9.17, 15) is 8.78 Å². The molecule has 0 amide bonds. The molecule has 0 aliphatic carbocycles. The van der Waals surface area contributed by atoms with Gasteiger partial charge in [-0.15, -0.1) is 0 Å². The third kappa shape index (κ3) is 3.17. The van der Waals surface area contributed by atoms with Gasteiger partial charge in [-0.25, -0.2) is 8.78 Å². The minimum atomic E-state index is -0.427. The van der Waals surface area contributed by atoms with Gasteiger partial charge in [-0.05, 0) is 38.1 Å². The zero-order valence-corrected chi connectivity index (χ0v) is 11.0. The summed E-state index contributed by atoms with van der Waals surface area (Å²) in [6.45, 7) is 5.16. The second kappa shape index (κ2) is 5.93. The van der Waals surface area contributed by atoms with Crippen molar-refractivity contribution in [3.05, 3.63) is 53.4 Å². The van der Waals surface area contributed by atoms with Crippen molar-refractivity contribution in [2.75, 3.05) is 0 Å². The smallest absolute Gasteiger partial charge is 0.128 e. The third-order valence-electron chi connectivity index (χ3n) is 3.12. The van der Waals surface area contributed by atoms with Gasteiger partial charge in [0.1, 0.15) is 11.6 Å². The number of nitrogens with one attached hydrogen (secondary N) is 1. The molecule has 5 heteroatoms. The molecule has 1 atom stereocenters. The molecular weight excluding hydrogens is 248 g/mol. The number of halogens is 2. The van der Waals surface area contributed by atoms with Crippen LogP contribution in [0.2, 0.25) is 0 Å². The molecule has 0 saturated carbocycles. The Labute approximate surface area is 111 Å². The number of benzene rings is 1. The molecule has 0 bridgehead atoms. The van der Waals surface area contributed by atoms with E-state index < -0.39 is 11.6 Å². The van der Waals surface area contributed by atoms with Crippen molar-refractivity contribution in [1.29, 1.82) is 0 Å². The Kier molecular flexibility index (Phi) is 4.27. The quantitative estimate of drug-likeness (QED) is 0.900. The van der Waals surface area contributed by atoms with Gasteiger partial charge in [0.2, 0.25) is 0 Å². The van der Waals surface area contributed by atoms with Crippen LogP contribution in [0.4, 0.5) is 8.78 Å². The van der Waals surface area contributed by atoms with Crippen LogP contribution in [0.1, 0.15) is 31.1 Å². The summed E-state index contributed by atoms with van der Waals surface area (Å²) in [6, 6.07) is 5.14. The average Bonchev–Trinajstić information content (AvgIpc) is 2.86. The third-order valence-corrected chi connectivity index (χ3v) is 3.12. The van der Waals surface area contributed by atoms with E-state index in [-0.39, 0.29) is 6.04 Å². The highest BCUT2D eigenvalue weighted by atomic mass is 19.1. The van der Waals surface area contributed by atoms with Crippen LogP contribution in [0, 0.1) is 11.6 Å². The van der Waals surface area contributed by atoms with Crippen LogP contribution in [0.3, 0.4) is 0 Å². The Morgan fingerprint density at radius 1 is 1.32 bits per heavy atom. The predicted molar refractivity (Wildman–Crippen MR) is 69.5 cm³/mol. The molecule has 1 aromatic heterocycles. The number of aryl methyl sites for hydroxylation is 1. The van der Waals surface area contributed by atoms with Crippen LogP contribution in [-0.4, -0.2) is 9.78 Å². The van der Waals surface area contributed by atoms with E-state index in [0.717, 1.165) is 24.4 Å². The van der Waals surface area contributed by atoms with Crippen molar-refractivity contribution in [3.8, 4) is 0 Å². The number of hydrogen-bond acceptors (Lipinski definition) is 2. The van der Waals surface area contributed by atoms with E-state index >= 15 is 0 Å². The number of aromatic nitrogens is 2. The Hall–Kier alpha value is -1.75. The molecule has 0 aliphatic rings. The fourth-order valence-electron chi connectivity index (χ4n) is 2.01. The average molecular weight is 265 g/mol. The maximum atomic E-state index is 13.6. The standard InChI is InChI=1S/C14H17F2N3/c1-3-19-12(6-7-18-19)9-17-10(2)13-8-11(15)4-5-14(13)16/h4-8,10,17H,3,9H2,1-2H3. The van der Waals surface area contributed by atoms with Crippen LogP contribution in [0.5, 0.6) is 0 Å². The van der Waals surface area contributed by atoms with Crippen LogP contribution in [-0.2, 0) is 13.1 Å². The second-order valence-electron chi connectivity index (χ2n) is 4.41. The molecule has 0 fully saturated rings. The topological polar surface area (TPSA) is 29.9 Å². The largest absolute Gasteiger partial charge is 0.304 e. The van der Waals surface area contributed by atoms with E-state index in [0.29, 0.717) is 12.1 Å². The number of nitrogens with zero attached hydrogens (tertiary/aromatic N) is 2. The first kappa shape index (κ1) is 13.7. The predicted octanol–water partition coefficient (Wildman–Crippen LogP) is 3.03. The van der Waals surface area contributed by atoms with Crippen molar-refractivity contribution in [1.82, 2.24) is 15.1 Å². The summed E-state index contributed by atoms with van der Waals surface area (Å²) in [5.41, 5.74) is 1.36. The first-order valence-electron chi connectivity index (χ1n) is 6.30. The molecule has 0 saturated heterocycles. The highest BCUT2D eigenvalue weighted by molar-refractivity contribution is 5.22. The lowest BCUT2D eigenvalue weighted by atomic mass is 10.1. The van der Waals surface area contributed by atoms with Gasteiger partial charge in [0.25, 0.3) is 0 Å². The molecule has 2 rings (SSSR count). The van der Waals surface area contributed by atoms with Gasteiger partial charge in [0.15, 0.2) is 0 Å². The Morgan fingerprint density at radius 2 is 2.11 bits per heavy atom. The molecule has 19 heavy (non-hydrogen) atoms. The van der Waals surface area contributed by atoms with Crippen LogP contribution in [0.15, 0.2) is 30.5 Å². The lowest BCUT2D eigenvalue weighted by Gasteiger charge is -2.15. The Morgan fingerprint density at radius 3 is 2.84 bits per heavy atom. The molecule has 1 heterocycles. The lowest BCUT2D eigenvalue weighted by Crippen LogP contribution is -2.21. The van der Waals surface area contributed by atoms with Gasteiger partial charge in [0, 0.05) is 30.9 Å². The monoisotopic (exact) mass is 265 g/mol. The normalized spacial score (nSPS) is 12.6. The summed E-state index contributed by atoms with van der Waals surface area (Å²) in [5, 5.41) is 7.34. The van der Waals surface area contributed by atoms with Crippen molar-refractivity contribution in [3.63, 3.8) is 0 Å². The summed E-state index contributed by atoms with van der Waals surface area (Å²) < 4.78 is 28.6. The first-order chi connectivity index (χ1) is 9.11. The van der Waals surface area contributed by atoms with Gasteiger partial charge in [-0.3, -0.25) is 4.68 Å². The molecule has 0 radical (unpaired) electrons. The van der Waals surface area contributed by atoms with Crippen LogP contribution in [0.25, 0.3) is 0 Å². The number of hydrogen-bond donors (Lipinski definition) is 1. The second-order valence-corrected chi connectivity index (χ2v) is 4.41. The maximum absolute atomic E-state index is 13.6. The van der Waals surface area contributed by atoms with Crippen LogP contribution < -0.4 is 5.32 Å². The molecule has 102 valence electrons. The van der Waals surface area contributed by atoms with Crippen molar-refractivity contribution in [2.24, 2.45) is 0 Å². The maximum Gasteiger partial charge on any atom is 0.128 e. The van der Waals surface area contributed by atoms with Gasteiger partial charge in [-0.1, -0.05) is 0 Å². The van der Waals surface area contributed by atoms with E-state index in [4.69, 9.17) is 0 Å². The van der Waals surface area contributed by atoms with Gasteiger partial charge < -0.3 is 5.32 Å². The Bertz CT molecular complexity index is 551. The fourth-order valence-corrected chi connectivity index (χ4v) is 2.01. The molecular formula is C14H17F2N3. The fraction of sp³-hybridized carbons (Fsp3) is 0.357. The highest BCUT2D eigenvalue weighted by Crippen LogP contribution is 2.18. The zero-order chi connectivity index (χ0) is 13.8. The molecule has 0 spiro atoms. The zero-order valence-electron chi connectivity index (χ0n) is 11.0. The molecule has 2 aromatic rings. The Balaban J connectivity index is 2.05. The van der Waals surface area contributed by atoms with Crippen molar-refractivity contribution in [2.45, 2.75) is 33.0 Å². The summed E-state index contributed by atoms with van der Waals surface area (Å²) in [5.74, 6) is -0.825. The molecule has 3 nitrogen and oxygen atoms in total. The highest BCUT2D eigenvalue weighted by Gasteiger charge is 2.12. The number of rotatable bonds is 5. The SMILES string of the molecule is CCn1nccc1CNC(C)c1cc(F)ccc1F. The molecule has 0 aliphatic heterocycles. The minimum Gasteiger partial charge on any atom is -0.304 e. The molecule has 1 unspecified atom stereocenters. The van der Waals surface area contributed by atoms with Crippen LogP contribution >= 0.6 is 0 Å². The molecule has 1 N–H and O–H groups in total. The minimum absolute atomic E-state index is 0.268. The summed E-state index contributed by atoms with van der Waals surface area (Å²) >= 11 is 0. The summed E-state index contributed by atoms with van der Waals surface area (Å²) in [7, 11) is 0. The van der Waals surface area contributed by atoms with E-state index in [2.05, 4.69) is 10.4 Å². The first-order valence-corrected chi connectivity index (χ1v) is 6.30. The summed E-state index contributed by atoms with van der Waals surface area (Å²) in [4.78, 5) is 0. The van der Waals surface area contributed by atoms with Crippen molar-refractivity contribution < 1.29 is 8.78 Å². The van der Waals surface area contributed by atoms with E-state index in [1.165, 1.54) is 6.07 Å². The van der Waals surface area contributed by atoms with Gasteiger partial charge >= 0.3 is 0 Å². The van der Waals surface area contributed by atoms with E-state index in [1.54, 1.807) is 6.20 Å². The lowest BCUT2D eigenvalue weighted by molar-refractivity contribution is 0.501. The van der Waals surface area contributed by atoms with Crippen molar-refractivity contribution >= 4 is 0 Å².